The lowest BCUT2D eigenvalue weighted by atomic mass is 9.99. The van der Waals surface area contributed by atoms with Crippen LogP contribution in [-0.2, 0) is 23.8 Å². The summed E-state index contributed by atoms with van der Waals surface area (Å²) < 4.78 is 17.5. The fraction of sp³-hybridized carbons (Fsp3) is 0.754. The van der Waals surface area contributed by atoms with Crippen LogP contribution in [0.2, 0.25) is 0 Å². The number of unbranched alkanes of at least 4 members (excludes halogenated alkanes) is 23. The van der Waals surface area contributed by atoms with Gasteiger partial charge in [-0.25, -0.2) is 0 Å². The first kappa shape index (κ1) is 63.1. The van der Waals surface area contributed by atoms with Gasteiger partial charge in [0, 0.05) is 6.42 Å². The molecule has 8 atom stereocenters. The number of rotatable bonds is 44. The average molecular weight is 958 g/mol. The third kappa shape index (κ3) is 33.6. The number of esters is 1. The van der Waals surface area contributed by atoms with Crippen molar-refractivity contribution in [1.82, 2.24) is 5.32 Å². The van der Waals surface area contributed by atoms with Gasteiger partial charge in [-0.3, -0.25) is 9.59 Å². The van der Waals surface area contributed by atoms with Crippen molar-refractivity contribution in [1.29, 1.82) is 0 Å². The van der Waals surface area contributed by atoms with Gasteiger partial charge in [0.1, 0.15) is 24.4 Å². The number of allylic oxidation sites excluding steroid dienone is 11. The summed E-state index contributed by atoms with van der Waals surface area (Å²) in [5, 5.41) is 56.7. The number of hydrogen-bond donors (Lipinski definition) is 6. The van der Waals surface area contributed by atoms with Crippen LogP contribution in [0.3, 0.4) is 0 Å². The highest BCUT2D eigenvalue weighted by molar-refractivity contribution is 5.80. The number of amides is 1. The normalized spacial score (nSPS) is 20.5. The van der Waals surface area contributed by atoms with Gasteiger partial charge in [0.25, 0.3) is 0 Å². The van der Waals surface area contributed by atoms with Gasteiger partial charge in [0.05, 0.1) is 25.4 Å². The molecule has 0 aliphatic carbocycles. The standard InChI is InChI=1S/C57H99NO10/c1-4-7-10-13-16-19-22-25-27-29-32-35-38-41-44-50(61)56(65)58-48(49(60)43-40-37-34-31-28-24-21-18-15-12-9-6-3)47-66-57-55(54(64)53(63)51(46-59)67-57)68-52(62)45-42-39-36-33-30-26-23-20-17-14-11-8-5-2/h8,11,14,16-17,19-20,22-23,25,40,43,48-51,53-55,57,59-61,63-64H,4-7,9-10,12-13,15,18,21,24,26-39,41-42,44-47H2,1-3H3,(H,58,65)/b11-8+,17-14+,19-16+,23-20-,25-22+,43-40+. The van der Waals surface area contributed by atoms with E-state index in [1.54, 1.807) is 6.08 Å². The molecular weight excluding hydrogens is 859 g/mol. The number of aliphatic hydroxyl groups is 5. The lowest BCUT2D eigenvalue weighted by molar-refractivity contribution is -0.305. The summed E-state index contributed by atoms with van der Waals surface area (Å²) in [5.41, 5.74) is 0. The third-order valence-corrected chi connectivity index (χ3v) is 12.4. The third-order valence-electron chi connectivity index (χ3n) is 12.4. The monoisotopic (exact) mass is 958 g/mol. The SMILES string of the molecule is CC/C=C/C=C/C=C\CCCCCCCC(=O)OC1C(OCC(NC(=O)C(O)CCCCCCC/C=C/C=C/CCCCC)C(O)/C=C/CCCCCCCCCCCC)OC(CO)C(O)C1O. The van der Waals surface area contributed by atoms with Crippen LogP contribution in [0.15, 0.2) is 72.9 Å². The van der Waals surface area contributed by atoms with Gasteiger partial charge in [-0.05, 0) is 70.6 Å². The van der Waals surface area contributed by atoms with Crippen LogP contribution in [0.5, 0.6) is 0 Å². The van der Waals surface area contributed by atoms with Crippen LogP contribution in [0.25, 0.3) is 0 Å². The van der Waals surface area contributed by atoms with Crippen molar-refractivity contribution in [2.75, 3.05) is 13.2 Å². The second kappa shape index (κ2) is 45.3. The molecule has 1 heterocycles. The summed E-state index contributed by atoms with van der Waals surface area (Å²) >= 11 is 0. The molecule has 0 spiro atoms. The van der Waals surface area contributed by atoms with E-state index < -0.39 is 67.4 Å². The number of hydrogen-bond acceptors (Lipinski definition) is 10. The first-order valence-corrected chi connectivity index (χ1v) is 27.3. The van der Waals surface area contributed by atoms with Crippen LogP contribution < -0.4 is 5.32 Å². The van der Waals surface area contributed by atoms with Crippen LogP contribution in [-0.4, -0.2) is 99.6 Å². The molecule has 1 rings (SSSR count). The van der Waals surface area contributed by atoms with E-state index in [0.29, 0.717) is 12.8 Å². The lowest BCUT2D eigenvalue weighted by Crippen LogP contribution is -2.61. The van der Waals surface area contributed by atoms with Crippen LogP contribution in [0, 0.1) is 0 Å². The fourth-order valence-corrected chi connectivity index (χ4v) is 8.05. The van der Waals surface area contributed by atoms with Gasteiger partial charge >= 0.3 is 5.97 Å². The van der Waals surface area contributed by atoms with Crippen molar-refractivity contribution in [3.63, 3.8) is 0 Å². The van der Waals surface area contributed by atoms with E-state index >= 15 is 0 Å². The first-order valence-electron chi connectivity index (χ1n) is 27.3. The van der Waals surface area contributed by atoms with Gasteiger partial charge in [0.2, 0.25) is 5.91 Å². The molecule has 1 amide bonds. The van der Waals surface area contributed by atoms with Gasteiger partial charge in [-0.1, -0.05) is 209 Å². The van der Waals surface area contributed by atoms with E-state index in [-0.39, 0.29) is 19.4 Å². The highest BCUT2D eigenvalue weighted by Crippen LogP contribution is 2.26. The highest BCUT2D eigenvalue weighted by atomic mass is 16.7. The van der Waals surface area contributed by atoms with E-state index in [9.17, 15) is 35.1 Å². The maximum atomic E-state index is 13.3. The highest BCUT2D eigenvalue weighted by Gasteiger charge is 2.47. The summed E-state index contributed by atoms with van der Waals surface area (Å²) in [7, 11) is 0. The quantitative estimate of drug-likeness (QED) is 0.0149. The van der Waals surface area contributed by atoms with Crippen LogP contribution >= 0.6 is 0 Å². The van der Waals surface area contributed by atoms with Gasteiger partial charge in [-0.2, -0.15) is 0 Å². The predicted molar refractivity (Wildman–Crippen MR) is 278 cm³/mol. The number of carbonyl (C=O) groups excluding carboxylic acids is 2. The minimum atomic E-state index is -1.63. The first-order chi connectivity index (χ1) is 33.2. The molecule has 0 aromatic heterocycles. The number of aliphatic hydroxyl groups excluding tert-OH is 5. The zero-order chi connectivity index (χ0) is 49.7. The molecule has 11 heteroatoms. The number of ether oxygens (including phenoxy) is 3. The van der Waals surface area contributed by atoms with Crippen molar-refractivity contribution in [2.45, 2.75) is 262 Å². The predicted octanol–water partition coefficient (Wildman–Crippen LogP) is 11.7. The van der Waals surface area contributed by atoms with Crippen LogP contribution in [0.1, 0.15) is 213 Å². The van der Waals surface area contributed by atoms with Crippen molar-refractivity contribution in [3.8, 4) is 0 Å². The second-order valence-corrected chi connectivity index (χ2v) is 18.7. The average Bonchev–Trinajstić information content (AvgIpc) is 3.33. The molecule has 0 saturated carbocycles. The van der Waals surface area contributed by atoms with Crippen molar-refractivity contribution in [2.24, 2.45) is 0 Å². The maximum Gasteiger partial charge on any atom is 0.306 e. The molecule has 1 fully saturated rings. The summed E-state index contributed by atoms with van der Waals surface area (Å²) in [6.07, 6.45) is 45.2. The van der Waals surface area contributed by atoms with Gasteiger partial charge in [-0.15, -0.1) is 0 Å². The lowest BCUT2D eigenvalue weighted by Gasteiger charge is -2.41. The minimum absolute atomic E-state index is 0.0963. The Morgan fingerprint density at radius 1 is 0.588 bits per heavy atom. The molecule has 68 heavy (non-hydrogen) atoms. The molecule has 392 valence electrons. The Morgan fingerprint density at radius 3 is 1.62 bits per heavy atom. The number of carbonyl (C=O) groups is 2. The van der Waals surface area contributed by atoms with Gasteiger partial charge in [0.15, 0.2) is 12.4 Å². The van der Waals surface area contributed by atoms with Crippen molar-refractivity contribution >= 4 is 11.9 Å². The number of nitrogens with one attached hydrogen (secondary N) is 1. The fourth-order valence-electron chi connectivity index (χ4n) is 8.05. The molecule has 6 N–H and O–H groups in total. The molecule has 1 aliphatic heterocycles. The van der Waals surface area contributed by atoms with E-state index in [4.69, 9.17) is 14.2 Å². The molecule has 0 bridgehead atoms. The summed E-state index contributed by atoms with van der Waals surface area (Å²) in [6, 6.07) is -1.04. The van der Waals surface area contributed by atoms with E-state index in [1.807, 2.05) is 24.3 Å². The Labute approximate surface area is 413 Å². The summed E-state index contributed by atoms with van der Waals surface area (Å²) in [5.74, 6) is -1.23. The summed E-state index contributed by atoms with van der Waals surface area (Å²) in [6.45, 7) is 5.57. The van der Waals surface area contributed by atoms with E-state index in [0.717, 1.165) is 96.3 Å². The Balaban J connectivity index is 2.79. The molecule has 11 nitrogen and oxygen atoms in total. The molecule has 0 aromatic rings. The van der Waals surface area contributed by atoms with E-state index in [1.165, 1.54) is 70.6 Å². The van der Waals surface area contributed by atoms with E-state index in [2.05, 4.69) is 68.6 Å². The zero-order valence-electron chi connectivity index (χ0n) is 43.0. The summed E-state index contributed by atoms with van der Waals surface area (Å²) in [4.78, 5) is 26.4. The Bertz CT molecular complexity index is 1380. The Morgan fingerprint density at radius 2 is 1.06 bits per heavy atom. The van der Waals surface area contributed by atoms with Crippen LogP contribution in [0.4, 0.5) is 0 Å². The van der Waals surface area contributed by atoms with Crippen molar-refractivity contribution in [3.05, 3.63) is 72.9 Å². The Hall–Kier alpha value is -2.90. The Kier molecular flexibility index (Phi) is 42.0. The topological polar surface area (TPSA) is 175 Å². The minimum Gasteiger partial charge on any atom is -0.454 e. The maximum absolute atomic E-state index is 13.3. The second-order valence-electron chi connectivity index (χ2n) is 18.7. The molecule has 1 saturated heterocycles. The molecular formula is C57H99NO10. The molecule has 1 aliphatic rings. The molecule has 0 aromatic carbocycles. The molecule has 8 unspecified atom stereocenters. The smallest absolute Gasteiger partial charge is 0.306 e. The zero-order valence-corrected chi connectivity index (χ0v) is 43.0. The van der Waals surface area contributed by atoms with Crippen molar-refractivity contribution < 1.29 is 49.3 Å². The largest absolute Gasteiger partial charge is 0.454 e. The molecule has 0 radical (unpaired) electrons. The van der Waals surface area contributed by atoms with Gasteiger partial charge < -0.3 is 45.1 Å².